The van der Waals surface area contributed by atoms with E-state index >= 15 is 0 Å². The molecule has 0 radical (unpaired) electrons. The van der Waals surface area contributed by atoms with Gasteiger partial charge in [0.1, 0.15) is 0 Å². The summed E-state index contributed by atoms with van der Waals surface area (Å²) in [5.74, 6) is 0. The molecule has 0 saturated carbocycles. The summed E-state index contributed by atoms with van der Waals surface area (Å²) in [6.07, 6.45) is 1.28. The second-order valence-corrected chi connectivity index (χ2v) is 6.03. The van der Waals surface area contributed by atoms with Gasteiger partial charge in [0.25, 0.3) is 0 Å². The van der Waals surface area contributed by atoms with Crippen molar-refractivity contribution in [2.75, 3.05) is 39.3 Å². The molecule has 2 aliphatic rings. The van der Waals surface area contributed by atoms with Crippen LogP contribution in [0.15, 0.2) is 0 Å². The third-order valence-electron chi connectivity index (χ3n) is 4.70. The molecule has 2 atom stereocenters. The van der Waals surface area contributed by atoms with Gasteiger partial charge in [-0.15, -0.1) is 0 Å². The van der Waals surface area contributed by atoms with Gasteiger partial charge in [-0.05, 0) is 27.2 Å². The van der Waals surface area contributed by atoms with Crippen molar-refractivity contribution in [3.63, 3.8) is 0 Å². The van der Waals surface area contributed by atoms with Gasteiger partial charge < -0.3 is 0 Å². The fraction of sp³-hybridized carbons (Fsp3) is 1.00. The summed E-state index contributed by atoms with van der Waals surface area (Å²) >= 11 is 0. The molecule has 2 fully saturated rings. The SMILES string of the molecule is CCC(C)N1CCN2CCN(C(C)C)CC2C1. The molecule has 0 N–H and O–H groups in total. The first kappa shape index (κ1) is 13.3. The van der Waals surface area contributed by atoms with Gasteiger partial charge in [-0.1, -0.05) is 6.92 Å². The maximum absolute atomic E-state index is 2.71. The maximum atomic E-state index is 2.71. The molecule has 3 heteroatoms. The van der Waals surface area contributed by atoms with E-state index in [1.165, 1.54) is 45.7 Å². The lowest BCUT2D eigenvalue weighted by Gasteiger charge is -2.49. The highest BCUT2D eigenvalue weighted by molar-refractivity contribution is 4.90. The number of fused-ring (bicyclic) bond motifs is 1. The molecule has 0 aromatic heterocycles. The molecule has 0 spiro atoms. The Kier molecular flexibility index (Phi) is 4.45. The van der Waals surface area contributed by atoms with E-state index in [-0.39, 0.29) is 0 Å². The van der Waals surface area contributed by atoms with E-state index in [4.69, 9.17) is 0 Å². The van der Waals surface area contributed by atoms with Crippen molar-refractivity contribution < 1.29 is 0 Å². The molecule has 0 aliphatic carbocycles. The lowest BCUT2D eigenvalue weighted by Crippen LogP contribution is -2.63. The third kappa shape index (κ3) is 3.01. The molecule has 0 amide bonds. The fourth-order valence-electron chi connectivity index (χ4n) is 3.13. The van der Waals surface area contributed by atoms with Crippen LogP contribution in [0.5, 0.6) is 0 Å². The smallest absolute Gasteiger partial charge is 0.0351 e. The van der Waals surface area contributed by atoms with Gasteiger partial charge >= 0.3 is 0 Å². The second-order valence-electron chi connectivity index (χ2n) is 6.03. The average molecular weight is 239 g/mol. The molecule has 0 aromatic rings. The van der Waals surface area contributed by atoms with E-state index in [2.05, 4.69) is 42.4 Å². The lowest BCUT2D eigenvalue weighted by molar-refractivity contribution is -0.00937. The van der Waals surface area contributed by atoms with Gasteiger partial charge in [0.05, 0.1) is 0 Å². The summed E-state index contributed by atoms with van der Waals surface area (Å²) in [6, 6.07) is 2.23. The number of hydrogen-bond donors (Lipinski definition) is 0. The van der Waals surface area contributed by atoms with Gasteiger partial charge in [-0.25, -0.2) is 0 Å². The molecule has 2 saturated heterocycles. The van der Waals surface area contributed by atoms with Crippen LogP contribution < -0.4 is 0 Å². The average Bonchev–Trinajstić information content (AvgIpc) is 2.36. The molecule has 2 aliphatic heterocycles. The summed E-state index contributed by atoms with van der Waals surface area (Å²) in [7, 11) is 0. The van der Waals surface area contributed by atoms with E-state index in [0.717, 1.165) is 12.1 Å². The van der Waals surface area contributed by atoms with Gasteiger partial charge in [-0.3, -0.25) is 14.7 Å². The molecule has 2 heterocycles. The zero-order chi connectivity index (χ0) is 12.4. The standard InChI is InChI=1S/C14H29N3/c1-5-13(4)17-9-7-15-6-8-16(12(2)3)10-14(15)11-17/h12-14H,5-11H2,1-4H3. The number of rotatable bonds is 3. The van der Waals surface area contributed by atoms with Crippen LogP contribution in [-0.4, -0.2) is 72.1 Å². The quantitative estimate of drug-likeness (QED) is 0.739. The first-order valence-electron chi connectivity index (χ1n) is 7.34. The molecule has 17 heavy (non-hydrogen) atoms. The third-order valence-corrected chi connectivity index (χ3v) is 4.70. The maximum Gasteiger partial charge on any atom is 0.0351 e. The molecule has 0 aromatic carbocycles. The van der Waals surface area contributed by atoms with Gasteiger partial charge in [0, 0.05) is 57.4 Å². The molecular weight excluding hydrogens is 210 g/mol. The predicted octanol–water partition coefficient (Wildman–Crippen LogP) is 1.50. The number of nitrogens with zero attached hydrogens (tertiary/aromatic N) is 3. The minimum absolute atomic E-state index is 0.705. The topological polar surface area (TPSA) is 9.72 Å². The zero-order valence-corrected chi connectivity index (χ0v) is 12.0. The number of piperazine rings is 2. The van der Waals surface area contributed by atoms with Crippen molar-refractivity contribution in [2.45, 2.75) is 52.2 Å². The molecule has 3 nitrogen and oxygen atoms in total. The summed E-state index contributed by atoms with van der Waals surface area (Å²) in [5.41, 5.74) is 0. The molecule has 0 bridgehead atoms. The molecular formula is C14H29N3. The Morgan fingerprint density at radius 1 is 0.941 bits per heavy atom. The Balaban J connectivity index is 1.92. The Hall–Kier alpha value is -0.120. The van der Waals surface area contributed by atoms with Crippen molar-refractivity contribution in [3.8, 4) is 0 Å². The molecule has 100 valence electrons. The monoisotopic (exact) mass is 239 g/mol. The molecule has 2 unspecified atom stereocenters. The van der Waals surface area contributed by atoms with E-state index in [1.54, 1.807) is 0 Å². The van der Waals surface area contributed by atoms with Gasteiger partial charge in [0.2, 0.25) is 0 Å². The Labute approximate surface area is 107 Å². The Morgan fingerprint density at radius 2 is 1.53 bits per heavy atom. The van der Waals surface area contributed by atoms with Crippen LogP contribution in [0.2, 0.25) is 0 Å². The normalized spacial score (nSPS) is 30.5. The van der Waals surface area contributed by atoms with Crippen LogP contribution >= 0.6 is 0 Å². The van der Waals surface area contributed by atoms with Crippen molar-refractivity contribution in [2.24, 2.45) is 0 Å². The minimum atomic E-state index is 0.705. The van der Waals surface area contributed by atoms with Crippen LogP contribution in [-0.2, 0) is 0 Å². The predicted molar refractivity (Wildman–Crippen MR) is 73.4 cm³/mol. The van der Waals surface area contributed by atoms with Crippen LogP contribution in [0.25, 0.3) is 0 Å². The summed E-state index contributed by atoms with van der Waals surface area (Å²) in [5, 5.41) is 0. The van der Waals surface area contributed by atoms with E-state index < -0.39 is 0 Å². The van der Waals surface area contributed by atoms with Crippen LogP contribution in [0.3, 0.4) is 0 Å². The highest BCUT2D eigenvalue weighted by Gasteiger charge is 2.33. The van der Waals surface area contributed by atoms with Crippen LogP contribution in [0.1, 0.15) is 34.1 Å². The van der Waals surface area contributed by atoms with E-state index in [9.17, 15) is 0 Å². The lowest BCUT2D eigenvalue weighted by atomic mass is 10.0. The first-order chi connectivity index (χ1) is 8.11. The largest absolute Gasteiger partial charge is 0.298 e. The summed E-state index contributed by atoms with van der Waals surface area (Å²) < 4.78 is 0. The first-order valence-corrected chi connectivity index (χ1v) is 7.34. The van der Waals surface area contributed by atoms with Crippen LogP contribution in [0.4, 0.5) is 0 Å². The van der Waals surface area contributed by atoms with Crippen molar-refractivity contribution in [1.29, 1.82) is 0 Å². The van der Waals surface area contributed by atoms with Crippen molar-refractivity contribution in [3.05, 3.63) is 0 Å². The Bertz CT molecular complexity index is 242. The summed E-state index contributed by atoms with van der Waals surface area (Å²) in [6.45, 7) is 17.0. The highest BCUT2D eigenvalue weighted by Crippen LogP contribution is 2.19. The van der Waals surface area contributed by atoms with E-state index in [1.807, 2.05) is 0 Å². The van der Waals surface area contributed by atoms with Gasteiger partial charge in [-0.2, -0.15) is 0 Å². The highest BCUT2D eigenvalue weighted by atomic mass is 15.4. The van der Waals surface area contributed by atoms with E-state index in [0.29, 0.717) is 6.04 Å². The number of hydrogen-bond acceptors (Lipinski definition) is 3. The second kappa shape index (κ2) is 5.68. The summed E-state index contributed by atoms with van der Waals surface area (Å²) in [4.78, 5) is 8.03. The fourth-order valence-corrected chi connectivity index (χ4v) is 3.13. The van der Waals surface area contributed by atoms with Crippen molar-refractivity contribution in [1.82, 2.24) is 14.7 Å². The zero-order valence-electron chi connectivity index (χ0n) is 12.0. The molecule has 2 rings (SSSR count). The van der Waals surface area contributed by atoms with Crippen molar-refractivity contribution >= 4 is 0 Å². The van der Waals surface area contributed by atoms with Gasteiger partial charge in [0.15, 0.2) is 0 Å². The Morgan fingerprint density at radius 3 is 2.12 bits per heavy atom. The minimum Gasteiger partial charge on any atom is -0.298 e. The van der Waals surface area contributed by atoms with Crippen LogP contribution in [0, 0.1) is 0 Å².